The normalized spacial score (nSPS) is 10.6. The maximum atomic E-state index is 12.2. The van der Waals surface area contributed by atoms with Gasteiger partial charge in [-0.2, -0.15) is 0 Å². The summed E-state index contributed by atoms with van der Waals surface area (Å²) in [5.74, 6) is -1.68. The van der Waals surface area contributed by atoms with E-state index < -0.39 is 24.5 Å². The number of esters is 2. The molecule has 0 saturated heterocycles. The van der Waals surface area contributed by atoms with Gasteiger partial charge in [0.1, 0.15) is 14.6 Å². The second-order valence-electron chi connectivity index (χ2n) is 5.45. The number of ether oxygens (including phenoxy) is 2. The highest BCUT2D eigenvalue weighted by atomic mass is 32.1. The Morgan fingerprint density at radius 1 is 1.22 bits per heavy atom. The number of thiophene rings is 2. The fraction of sp³-hybridized carbons (Fsp3) is 0.250. The lowest BCUT2D eigenvalue weighted by atomic mass is 10.4. The predicted octanol–water partition coefficient (Wildman–Crippen LogP) is 3.07. The van der Waals surface area contributed by atoms with Gasteiger partial charge in [-0.3, -0.25) is 4.79 Å². The largest absolute Gasteiger partial charge is 0.465 e. The van der Waals surface area contributed by atoms with E-state index in [0.717, 1.165) is 26.0 Å². The maximum absolute atomic E-state index is 12.2. The molecular weight excluding hydrogens is 410 g/mol. The second kappa shape index (κ2) is 8.03. The molecular formula is C16H15N3O5S3. The summed E-state index contributed by atoms with van der Waals surface area (Å²) in [7, 11) is 5.06. The van der Waals surface area contributed by atoms with Crippen LogP contribution in [0.3, 0.4) is 0 Å². The van der Waals surface area contributed by atoms with Gasteiger partial charge in [-0.05, 0) is 17.5 Å². The van der Waals surface area contributed by atoms with Crippen LogP contribution in [0.25, 0.3) is 9.53 Å². The van der Waals surface area contributed by atoms with Gasteiger partial charge in [-0.1, -0.05) is 11.3 Å². The number of nitrogens with one attached hydrogen (secondary N) is 1. The topological polar surface area (TPSA) is 97.8 Å². The van der Waals surface area contributed by atoms with Crippen LogP contribution < -0.4 is 10.2 Å². The van der Waals surface area contributed by atoms with E-state index in [4.69, 9.17) is 4.74 Å². The third kappa shape index (κ3) is 4.26. The van der Waals surface area contributed by atoms with Gasteiger partial charge in [-0.15, -0.1) is 22.7 Å². The van der Waals surface area contributed by atoms with E-state index in [1.807, 2.05) is 19.0 Å². The summed E-state index contributed by atoms with van der Waals surface area (Å²) < 4.78 is 10.6. The van der Waals surface area contributed by atoms with Gasteiger partial charge in [-0.25, -0.2) is 14.6 Å². The van der Waals surface area contributed by atoms with Crippen LogP contribution in [0.1, 0.15) is 19.3 Å². The lowest BCUT2D eigenvalue weighted by molar-refractivity contribution is -0.119. The number of amides is 1. The lowest BCUT2D eigenvalue weighted by Crippen LogP contribution is -2.21. The smallest absolute Gasteiger partial charge is 0.350 e. The molecule has 0 saturated carbocycles. The molecule has 0 radical (unpaired) electrons. The van der Waals surface area contributed by atoms with E-state index >= 15 is 0 Å². The van der Waals surface area contributed by atoms with Gasteiger partial charge >= 0.3 is 11.9 Å². The summed E-state index contributed by atoms with van der Waals surface area (Å²) in [4.78, 5) is 43.5. The Kier molecular flexibility index (Phi) is 5.73. The number of nitrogens with zero attached hydrogens (tertiary/aromatic N) is 2. The standard InChI is InChI=1S/C16H15N3O5S3/c1-19(2)16-18-13-9(27-16)6-10(26-13)14(21)24-7-11(20)17-8-4-5-25-12(8)15(22)23-3/h4-6H,7H2,1-3H3,(H,17,20). The van der Waals surface area contributed by atoms with Crippen molar-refractivity contribution < 1.29 is 23.9 Å². The number of hydrogen-bond donors (Lipinski definition) is 1. The molecule has 0 aliphatic carbocycles. The first kappa shape index (κ1) is 19.3. The zero-order chi connectivity index (χ0) is 19.6. The zero-order valence-corrected chi connectivity index (χ0v) is 17.0. The molecule has 3 aromatic rings. The minimum absolute atomic E-state index is 0.276. The molecule has 0 fully saturated rings. The molecule has 1 N–H and O–H groups in total. The minimum Gasteiger partial charge on any atom is -0.465 e. The van der Waals surface area contributed by atoms with Crippen LogP contribution in [0.5, 0.6) is 0 Å². The Balaban J connectivity index is 1.59. The third-order valence-corrected chi connectivity index (χ3v) is 6.51. The molecule has 0 aromatic carbocycles. The van der Waals surface area contributed by atoms with Crippen molar-refractivity contribution in [3.8, 4) is 0 Å². The molecule has 0 spiro atoms. The van der Waals surface area contributed by atoms with Crippen molar-refractivity contribution in [3.63, 3.8) is 0 Å². The first-order valence-corrected chi connectivity index (χ1v) is 10.1. The number of fused-ring (bicyclic) bond motifs is 1. The first-order chi connectivity index (χ1) is 12.9. The van der Waals surface area contributed by atoms with E-state index in [9.17, 15) is 14.4 Å². The van der Waals surface area contributed by atoms with Crippen molar-refractivity contribution in [2.45, 2.75) is 0 Å². The van der Waals surface area contributed by atoms with Gasteiger partial charge in [0.15, 0.2) is 11.7 Å². The van der Waals surface area contributed by atoms with Crippen LogP contribution in [0.15, 0.2) is 17.5 Å². The summed E-state index contributed by atoms with van der Waals surface area (Å²) in [5.41, 5.74) is 0.324. The monoisotopic (exact) mass is 425 g/mol. The Morgan fingerprint density at radius 2 is 2.00 bits per heavy atom. The molecule has 142 valence electrons. The molecule has 27 heavy (non-hydrogen) atoms. The van der Waals surface area contributed by atoms with Crippen LogP contribution in [0.2, 0.25) is 0 Å². The van der Waals surface area contributed by atoms with Crippen molar-refractivity contribution in [3.05, 3.63) is 27.3 Å². The summed E-state index contributed by atoms with van der Waals surface area (Å²) in [6.07, 6.45) is 0. The van der Waals surface area contributed by atoms with E-state index in [1.54, 1.807) is 17.5 Å². The van der Waals surface area contributed by atoms with Crippen molar-refractivity contribution >= 4 is 72.2 Å². The highest BCUT2D eigenvalue weighted by Crippen LogP contribution is 2.34. The fourth-order valence-corrected chi connectivity index (χ4v) is 4.86. The average Bonchev–Trinajstić information content (AvgIpc) is 3.33. The number of thiazole rings is 1. The van der Waals surface area contributed by atoms with Gasteiger partial charge in [0.05, 0.1) is 17.5 Å². The van der Waals surface area contributed by atoms with E-state index in [-0.39, 0.29) is 4.88 Å². The molecule has 3 aromatic heterocycles. The predicted molar refractivity (Wildman–Crippen MR) is 106 cm³/mol. The third-order valence-electron chi connectivity index (χ3n) is 3.31. The molecule has 0 aliphatic heterocycles. The number of anilines is 2. The van der Waals surface area contributed by atoms with Gasteiger partial charge < -0.3 is 19.7 Å². The molecule has 3 rings (SSSR count). The summed E-state index contributed by atoms with van der Waals surface area (Å²) in [6.45, 7) is -0.461. The zero-order valence-electron chi connectivity index (χ0n) is 14.6. The van der Waals surface area contributed by atoms with Crippen LogP contribution >= 0.6 is 34.0 Å². The number of aromatic nitrogens is 1. The minimum atomic E-state index is -0.592. The Morgan fingerprint density at radius 3 is 2.67 bits per heavy atom. The first-order valence-electron chi connectivity index (χ1n) is 7.59. The van der Waals surface area contributed by atoms with E-state index in [2.05, 4.69) is 15.0 Å². The summed E-state index contributed by atoms with van der Waals surface area (Å²) >= 11 is 3.84. The highest BCUT2D eigenvalue weighted by Gasteiger charge is 2.19. The van der Waals surface area contributed by atoms with Gasteiger partial charge in [0.2, 0.25) is 0 Å². The summed E-state index contributed by atoms with van der Waals surface area (Å²) in [5, 5.41) is 5.04. The van der Waals surface area contributed by atoms with E-state index in [0.29, 0.717) is 10.6 Å². The van der Waals surface area contributed by atoms with Crippen LogP contribution in [0, 0.1) is 0 Å². The average molecular weight is 426 g/mol. The summed E-state index contributed by atoms with van der Waals surface area (Å²) in [6, 6.07) is 3.29. The van der Waals surface area contributed by atoms with E-state index in [1.165, 1.54) is 29.8 Å². The molecule has 0 unspecified atom stereocenters. The number of carbonyl (C=O) groups excluding carboxylic acids is 3. The molecule has 0 aliphatic rings. The molecule has 0 bridgehead atoms. The SMILES string of the molecule is COC(=O)c1sccc1NC(=O)COC(=O)c1cc2sc(N(C)C)nc2s1. The highest BCUT2D eigenvalue weighted by molar-refractivity contribution is 7.29. The molecule has 11 heteroatoms. The van der Waals surface area contributed by atoms with Gasteiger partial charge in [0.25, 0.3) is 5.91 Å². The number of rotatable bonds is 6. The van der Waals surface area contributed by atoms with Crippen LogP contribution in [-0.2, 0) is 14.3 Å². The van der Waals surface area contributed by atoms with Crippen molar-refractivity contribution in [1.82, 2.24) is 4.98 Å². The quantitative estimate of drug-likeness (QED) is 0.606. The fourth-order valence-electron chi connectivity index (χ4n) is 2.06. The maximum Gasteiger partial charge on any atom is 0.350 e. The Hall–Kier alpha value is -2.50. The molecule has 3 heterocycles. The van der Waals surface area contributed by atoms with Crippen molar-refractivity contribution in [2.75, 3.05) is 38.0 Å². The second-order valence-corrected chi connectivity index (χ2v) is 8.41. The van der Waals surface area contributed by atoms with Crippen molar-refractivity contribution in [2.24, 2.45) is 0 Å². The number of carbonyl (C=O) groups is 3. The van der Waals surface area contributed by atoms with Crippen LogP contribution in [-0.4, -0.2) is 50.6 Å². The van der Waals surface area contributed by atoms with Crippen LogP contribution in [0.4, 0.5) is 10.8 Å². The van der Waals surface area contributed by atoms with Crippen molar-refractivity contribution in [1.29, 1.82) is 0 Å². The van der Waals surface area contributed by atoms with Gasteiger partial charge in [0, 0.05) is 14.1 Å². The number of methoxy groups -OCH3 is 1. The molecule has 0 atom stereocenters. The number of hydrogen-bond acceptors (Lipinski definition) is 10. The Labute approximate surface area is 166 Å². The molecule has 1 amide bonds. The lowest BCUT2D eigenvalue weighted by Gasteiger charge is -2.06. The Bertz CT molecular complexity index is 973. The molecule has 8 nitrogen and oxygen atoms in total.